The van der Waals surface area contributed by atoms with Crippen LogP contribution in [-0.2, 0) is 9.53 Å². The molecule has 3 rings (SSSR count). The van der Waals surface area contributed by atoms with Crippen molar-refractivity contribution in [3.63, 3.8) is 0 Å². The predicted molar refractivity (Wildman–Crippen MR) is 107 cm³/mol. The van der Waals surface area contributed by atoms with Crippen LogP contribution in [-0.4, -0.2) is 48.6 Å². The molecule has 2 heterocycles. The SMILES string of the molecule is Cc1ccc([C@H](NC(=O)CCCN2CCOCC2)c2cccnc2)c(C)c1. The third-order valence-corrected chi connectivity index (χ3v) is 5.04. The molecule has 1 aromatic heterocycles. The van der Waals surface area contributed by atoms with Gasteiger partial charge in [0.1, 0.15) is 0 Å². The van der Waals surface area contributed by atoms with Gasteiger partial charge in [0.05, 0.1) is 19.3 Å². The number of rotatable bonds is 7. The standard InChI is InChI=1S/C22H29N3O2/c1-17-7-8-20(18(2)15-17)22(19-5-3-9-23-16-19)24-21(26)6-4-10-25-11-13-27-14-12-25/h3,5,7-9,15-16,22H,4,6,10-14H2,1-2H3,(H,24,26)/t22-/m1/s1. The molecule has 5 nitrogen and oxygen atoms in total. The van der Waals surface area contributed by atoms with Crippen LogP contribution in [0.25, 0.3) is 0 Å². The van der Waals surface area contributed by atoms with Crippen LogP contribution in [0.4, 0.5) is 0 Å². The molecule has 1 N–H and O–H groups in total. The average molecular weight is 367 g/mol. The summed E-state index contributed by atoms with van der Waals surface area (Å²) in [5.41, 5.74) is 4.52. The first kappa shape index (κ1) is 19.5. The molecule has 1 aliphatic heterocycles. The van der Waals surface area contributed by atoms with Crippen molar-refractivity contribution in [3.8, 4) is 0 Å². The van der Waals surface area contributed by atoms with Crippen LogP contribution in [0.1, 0.15) is 41.1 Å². The van der Waals surface area contributed by atoms with Crippen molar-refractivity contribution < 1.29 is 9.53 Å². The summed E-state index contributed by atoms with van der Waals surface area (Å²) in [6.45, 7) is 8.63. The summed E-state index contributed by atoms with van der Waals surface area (Å²) < 4.78 is 5.37. The van der Waals surface area contributed by atoms with Gasteiger partial charge in [-0.15, -0.1) is 0 Å². The number of nitrogens with one attached hydrogen (secondary N) is 1. The van der Waals surface area contributed by atoms with Crippen molar-refractivity contribution in [2.75, 3.05) is 32.8 Å². The van der Waals surface area contributed by atoms with Gasteiger partial charge in [0.25, 0.3) is 0 Å². The van der Waals surface area contributed by atoms with E-state index in [-0.39, 0.29) is 11.9 Å². The van der Waals surface area contributed by atoms with Gasteiger partial charge in [-0.25, -0.2) is 0 Å². The summed E-state index contributed by atoms with van der Waals surface area (Å²) >= 11 is 0. The number of ether oxygens (including phenoxy) is 1. The molecule has 144 valence electrons. The Hall–Kier alpha value is -2.24. The Labute approximate surface area is 161 Å². The summed E-state index contributed by atoms with van der Waals surface area (Å²) in [5.74, 6) is 0.0806. The van der Waals surface area contributed by atoms with E-state index in [0.717, 1.165) is 50.4 Å². The van der Waals surface area contributed by atoms with Crippen LogP contribution in [0.15, 0.2) is 42.7 Å². The van der Waals surface area contributed by atoms with Gasteiger partial charge in [0.15, 0.2) is 0 Å². The minimum absolute atomic E-state index is 0.0806. The summed E-state index contributed by atoms with van der Waals surface area (Å²) in [4.78, 5) is 19.2. The number of aryl methyl sites for hydroxylation is 2. The first-order valence-corrected chi connectivity index (χ1v) is 9.70. The van der Waals surface area contributed by atoms with Crippen LogP contribution in [0.3, 0.4) is 0 Å². The lowest BCUT2D eigenvalue weighted by Crippen LogP contribution is -2.37. The molecule has 0 saturated carbocycles. The maximum absolute atomic E-state index is 12.6. The third kappa shape index (κ3) is 5.62. The quantitative estimate of drug-likeness (QED) is 0.817. The lowest BCUT2D eigenvalue weighted by Gasteiger charge is -2.26. The number of pyridine rings is 1. The summed E-state index contributed by atoms with van der Waals surface area (Å²) in [7, 11) is 0. The number of amides is 1. The largest absolute Gasteiger partial charge is 0.379 e. The molecule has 1 atom stereocenters. The first-order chi connectivity index (χ1) is 13.1. The van der Waals surface area contributed by atoms with Crippen molar-refractivity contribution in [1.29, 1.82) is 0 Å². The van der Waals surface area contributed by atoms with Gasteiger partial charge < -0.3 is 10.1 Å². The third-order valence-electron chi connectivity index (χ3n) is 5.04. The molecular formula is C22H29N3O2. The van der Waals surface area contributed by atoms with Gasteiger partial charge in [-0.2, -0.15) is 0 Å². The monoisotopic (exact) mass is 367 g/mol. The maximum atomic E-state index is 12.6. The van der Waals surface area contributed by atoms with Crippen LogP contribution >= 0.6 is 0 Å². The maximum Gasteiger partial charge on any atom is 0.220 e. The highest BCUT2D eigenvalue weighted by Gasteiger charge is 2.19. The van der Waals surface area contributed by atoms with Crippen molar-refractivity contribution in [3.05, 3.63) is 65.0 Å². The van der Waals surface area contributed by atoms with Gasteiger partial charge in [-0.3, -0.25) is 14.7 Å². The number of carbonyl (C=O) groups is 1. The molecule has 27 heavy (non-hydrogen) atoms. The highest BCUT2D eigenvalue weighted by atomic mass is 16.5. The van der Waals surface area contributed by atoms with E-state index in [1.807, 2.05) is 18.3 Å². The van der Waals surface area contributed by atoms with E-state index >= 15 is 0 Å². The average Bonchev–Trinajstić information content (AvgIpc) is 2.68. The first-order valence-electron chi connectivity index (χ1n) is 9.70. The smallest absolute Gasteiger partial charge is 0.220 e. The zero-order valence-corrected chi connectivity index (χ0v) is 16.3. The summed E-state index contributed by atoms with van der Waals surface area (Å²) in [5, 5.41) is 3.23. The number of morpholine rings is 1. The fourth-order valence-electron chi connectivity index (χ4n) is 3.56. The van der Waals surface area contributed by atoms with Crippen LogP contribution in [0, 0.1) is 13.8 Å². The molecule has 0 unspecified atom stereocenters. The molecule has 1 aliphatic rings. The highest BCUT2D eigenvalue weighted by molar-refractivity contribution is 5.77. The Morgan fingerprint density at radius 3 is 2.78 bits per heavy atom. The number of hydrogen-bond acceptors (Lipinski definition) is 4. The highest BCUT2D eigenvalue weighted by Crippen LogP contribution is 2.25. The second kappa shape index (κ2) is 9.62. The number of nitrogens with zero attached hydrogens (tertiary/aromatic N) is 2. The Bertz CT molecular complexity index is 742. The van der Waals surface area contributed by atoms with Crippen molar-refractivity contribution >= 4 is 5.91 Å². The molecule has 1 aromatic carbocycles. The topological polar surface area (TPSA) is 54.5 Å². The van der Waals surface area contributed by atoms with Crippen LogP contribution in [0.2, 0.25) is 0 Å². The second-order valence-electron chi connectivity index (χ2n) is 7.20. The fourth-order valence-corrected chi connectivity index (χ4v) is 3.56. The van der Waals surface area contributed by atoms with E-state index in [1.165, 1.54) is 11.1 Å². The summed E-state index contributed by atoms with van der Waals surface area (Å²) in [6, 6.07) is 10.1. The second-order valence-corrected chi connectivity index (χ2v) is 7.20. The van der Waals surface area contributed by atoms with Gasteiger partial charge in [-0.05, 0) is 49.6 Å². The molecule has 5 heteroatoms. The Morgan fingerprint density at radius 2 is 2.07 bits per heavy atom. The van der Waals surface area contributed by atoms with Gasteiger partial charge in [-0.1, -0.05) is 29.8 Å². The van der Waals surface area contributed by atoms with E-state index in [2.05, 4.69) is 47.2 Å². The molecular weight excluding hydrogens is 338 g/mol. The molecule has 2 aromatic rings. The Morgan fingerprint density at radius 1 is 1.26 bits per heavy atom. The Kier molecular flexibility index (Phi) is 6.96. The number of carbonyl (C=O) groups excluding carboxylic acids is 1. The predicted octanol–water partition coefficient (Wildman–Crippen LogP) is 3.02. The minimum atomic E-state index is -0.171. The molecule has 0 aliphatic carbocycles. The van der Waals surface area contributed by atoms with E-state index in [4.69, 9.17) is 4.74 Å². The number of benzene rings is 1. The van der Waals surface area contributed by atoms with E-state index in [0.29, 0.717) is 6.42 Å². The molecule has 0 radical (unpaired) electrons. The van der Waals surface area contributed by atoms with E-state index < -0.39 is 0 Å². The van der Waals surface area contributed by atoms with Crippen LogP contribution < -0.4 is 5.32 Å². The molecule has 1 fully saturated rings. The van der Waals surface area contributed by atoms with Crippen molar-refractivity contribution in [2.45, 2.75) is 32.7 Å². The summed E-state index contributed by atoms with van der Waals surface area (Å²) in [6.07, 6.45) is 4.97. The Balaban J connectivity index is 1.65. The number of aromatic nitrogens is 1. The van der Waals surface area contributed by atoms with Crippen LogP contribution in [0.5, 0.6) is 0 Å². The van der Waals surface area contributed by atoms with Gasteiger partial charge >= 0.3 is 0 Å². The molecule has 0 bridgehead atoms. The zero-order valence-electron chi connectivity index (χ0n) is 16.3. The van der Waals surface area contributed by atoms with E-state index in [1.54, 1.807) is 6.20 Å². The fraction of sp³-hybridized carbons (Fsp3) is 0.455. The molecule has 1 saturated heterocycles. The lowest BCUT2D eigenvalue weighted by atomic mass is 9.94. The number of hydrogen-bond donors (Lipinski definition) is 1. The van der Waals surface area contributed by atoms with Crippen molar-refractivity contribution in [2.24, 2.45) is 0 Å². The molecule has 0 spiro atoms. The minimum Gasteiger partial charge on any atom is -0.379 e. The lowest BCUT2D eigenvalue weighted by molar-refractivity contribution is -0.121. The van der Waals surface area contributed by atoms with Gasteiger partial charge in [0.2, 0.25) is 5.91 Å². The normalized spacial score (nSPS) is 16.1. The van der Waals surface area contributed by atoms with Gasteiger partial charge in [0, 0.05) is 31.9 Å². The zero-order chi connectivity index (χ0) is 19.1. The van der Waals surface area contributed by atoms with E-state index in [9.17, 15) is 4.79 Å². The molecule has 1 amide bonds. The van der Waals surface area contributed by atoms with Crippen molar-refractivity contribution in [1.82, 2.24) is 15.2 Å².